The fraction of sp³-hybridized carbons (Fsp3) is 0.333. The molecule has 0 aliphatic carbocycles. The summed E-state index contributed by atoms with van der Waals surface area (Å²) in [6.45, 7) is 0.123. The van der Waals surface area contributed by atoms with Gasteiger partial charge in [-0.1, -0.05) is 11.6 Å². The van der Waals surface area contributed by atoms with Gasteiger partial charge < -0.3 is 10.5 Å². The lowest BCUT2D eigenvalue weighted by atomic mass is 10.1. The standard InChI is InChI=1S/C9H10ClF2NO/c1-14-4-9(13)5-2-8(12)6(10)3-7(5)11/h2-3,9H,4,13H2,1H3/t9-/m0/s1. The van der Waals surface area contributed by atoms with Crippen LogP contribution in [0.2, 0.25) is 5.02 Å². The zero-order valence-electron chi connectivity index (χ0n) is 7.56. The van der Waals surface area contributed by atoms with Crippen molar-refractivity contribution in [3.05, 3.63) is 34.4 Å². The van der Waals surface area contributed by atoms with Gasteiger partial charge in [-0.3, -0.25) is 0 Å². The molecule has 0 aliphatic heterocycles. The minimum Gasteiger partial charge on any atom is -0.383 e. The van der Waals surface area contributed by atoms with Gasteiger partial charge in [0.1, 0.15) is 11.6 Å². The minimum atomic E-state index is -0.688. The molecule has 0 bridgehead atoms. The monoisotopic (exact) mass is 221 g/mol. The van der Waals surface area contributed by atoms with E-state index in [1.165, 1.54) is 7.11 Å². The number of rotatable bonds is 3. The van der Waals surface area contributed by atoms with Crippen LogP contribution in [0.5, 0.6) is 0 Å². The predicted octanol–water partition coefficient (Wildman–Crippen LogP) is 2.26. The summed E-state index contributed by atoms with van der Waals surface area (Å²) in [5.41, 5.74) is 5.61. The second-order valence-electron chi connectivity index (χ2n) is 2.85. The third-order valence-electron chi connectivity index (χ3n) is 1.79. The van der Waals surface area contributed by atoms with Crippen LogP contribution in [0.15, 0.2) is 12.1 Å². The molecule has 1 rings (SSSR count). The van der Waals surface area contributed by atoms with Crippen LogP contribution in [0.4, 0.5) is 8.78 Å². The maximum Gasteiger partial charge on any atom is 0.142 e. The molecule has 1 atom stereocenters. The van der Waals surface area contributed by atoms with E-state index in [4.69, 9.17) is 22.1 Å². The van der Waals surface area contributed by atoms with Crippen molar-refractivity contribution in [2.45, 2.75) is 6.04 Å². The normalized spacial score (nSPS) is 12.9. The molecule has 0 unspecified atom stereocenters. The first-order chi connectivity index (χ1) is 6.56. The highest BCUT2D eigenvalue weighted by molar-refractivity contribution is 6.30. The molecular formula is C9H10ClF2NO. The van der Waals surface area contributed by atoms with Crippen molar-refractivity contribution in [1.82, 2.24) is 0 Å². The van der Waals surface area contributed by atoms with Gasteiger partial charge in [0.15, 0.2) is 0 Å². The van der Waals surface area contributed by atoms with E-state index >= 15 is 0 Å². The quantitative estimate of drug-likeness (QED) is 0.795. The molecule has 0 amide bonds. The van der Waals surface area contributed by atoms with Gasteiger partial charge >= 0.3 is 0 Å². The number of hydrogen-bond acceptors (Lipinski definition) is 2. The molecule has 14 heavy (non-hydrogen) atoms. The van der Waals surface area contributed by atoms with Crippen molar-refractivity contribution >= 4 is 11.6 Å². The van der Waals surface area contributed by atoms with Crippen molar-refractivity contribution in [2.24, 2.45) is 5.73 Å². The molecule has 0 spiro atoms. The molecule has 1 aromatic carbocycles. The topological polar surface area (TPSA) is 35.2 Å². The Morgan fingerprint density at radius 1 is 1.43 bits per heavy atom. The zero-order valence-corrected chi connectivity index (χ0v) is 8.31. The van der Waals surface area contributed by atoms with E-state index < -0.39 is 17.7 Å². The Morgan fingerprint density at radius 2 is 2.07 bits per heavy atom. The van der Waals surface area contributed by atoms with E-state index in [0.29, 0.717) is 0 Å². The molecule has 1 aromatic rings. The Kier molecular flexibility index (Phi) is 3.80. The summed E-state index contributed by atoms with van der Waals surface area (Å²) in [4.78, 5) is 0. The third kappa shape index (κ3) is 2.41. The molecule has 0 aliphatic rings. The lowest BCUT2D eigenvalue weighted by Gasteiger charge is -2.12. The summed E-state index contributed by atoms with van der Waals surface area (Å²) in [7, 11) is 1.43. The smallest absolute Gasteiger partial charge is 0.142 e. The predicted molar refractivity (Wildman–Crippen MR) is 50.2 cm³/mol. The van der Waals surface area contributed by atoms with Crippen LogP contribution in [-0.2, 0) is 4.74 Å². The van der Waals surface area contributed by atoms with E-state index in [0.717, 1.165) is 12.1 Å². The summed E-state index contributed by atoms with van der Waals surface area (Å²) >= 11 is 5.38. The van der Waals surface area contributed by atoms with Crippen LogP contribution in [0.3, 0.4) is 0 Å². The van der Waals surface area contributed by atoms with Crippen LogP contribution in [0.1, 0.15) is 11.6 Å². The summed E-state index contributed by atoms with van der Waals surface area (Å²) in [5, 5.41) is -0.254. The molecule has 2 nitrogen and oxygen atoms in total. The summed E-state index contributed by atoms with van der Waals surface area (Å²) < 4.78 is 30.9. The third-order valence-corrected chi connectivity index (χ3v) is 2.07. The largest absolute Gasteiger partial charge is 0.383 e. The summed E-state index contributed by atoms with van der Waals surface area (Å²) in [6.07, 6.45) is 0. The highest BCUT2D eigenvalue weighted by Crippen LogP contribution is 2.22. The average Bonchev–Trinajstić information content (AvgIpc) is 2.11. The first kappa shape index (κ1) is 11.4. The number of benzene rings is 1. The number of ether oxygens (including phenoxy) is 1. The van der Waals surface area contributed by atoms with Crippen molar-refractivity contribution in [3.8, 4) is 0 Å². The Balaban J connectivity index is 3.02. The molecule has 2 N–H and O–H groups in total. The molecule has 0 saturated heterocycles. The van der Waals surface area contributed by atoms with E-state index in [1.54, 1.807) is 0 Å². The molecule has 0 heterocycles. The van der Waals surface area contributed by atoms with E-state index in [-0.39, 0.29) is 17.2 Å². The van der Waals surface area contributed by atoms with Crippen molar-refractivity contribution in [3.63, 3.8) is 0 Å². The number of hydrogen-bond donors (Lipinski definition) is 1. The second kappa shape index (κ2) is 4.68. The minimum absolute atomic E-state index is 0.0637. The maximum absolute atomic E-state index is 13.2. The molecule has 0 radical (unpaired) electrons. The second-order valence-corrected chi connectivity index (χ2v) is 3.26. The molecule has 5 heteroatoms. The first-order valence-corrected chi connectivity index (χ1v) is 4.33. The highest BCUT2D eigenvalue weighted by atomic mass is 35.5. The maximum atomic E-state index is 13.2. The Bertz CT molecular complexity index is 333. The number of methoxy groups -OCH3 is 1. The fourth-order valence-electron chi connectivity index (χ4n) is 1.09. The van der Waals surface area contributed by atoms with Gasteiger partial charge in [-0.05, 0) is 12.1 Å². The highest BCUT2D eigenvalue weighted by Gasteiger charge is 2.14. The first-order valence-electron chi connectivity index (χ1n) is 3.95. The van der Waals surface area contributed by atoms with Gasteiger partial charge in [-0.15, -0.1) is 0 Å². The molecule has 0 fully saturated rings. The molecule has 78 valence electrons. The van der Waals surface area contributed by atoms with Crippen LogP contribution in [-0.4, -0.2) is 13.7 Å². The zero-order chi connectivity index (χ0) is 10.7. The van der Waals surface area contributed by atoms with Crippen LogP contribution < -0.4 is 5.73 Å². The lowest BCUT2D eigenvalue weighted by molar-refractivity contribution is 0.179. The SMILES string of the molecule is COC[C@H](N)c1cc(F)c(Cl)cc1F. The Morgan fingerprint density at radius 3 is 2.64 bits per heavy atom. The fourth-order valence-corrected chi connectivity index (χ4v) is 1.24. The van der Waals surface area contributed by atoms with Crippen LogP contribution in [0, 0.1) is 11.6 Å². The van der Waals surface area contributed by atoms with E-state index in [9.17, 15) is 8.78 Å². The molecule has 0 saturated carbocycles. The van der Waals surface area contributed by atoms with E-state index in [2.05, 4.69) is 0 Å². The number of halogens is 3. The van der Waals surface area contributed by atoms with Gasteiger partial charge in [0.2, 0.25) is 0 Å². The van der Waals surface area contributed by atoms with Gasteiger partial charge in [-0.2, -0.15) is 0 Å². The molecular weight excluding hydrogens is 212 g/mol. The summed E-state index contributed by atoms with van der Waals surface area (Å²) in [6, 6.07) is 1.20. The average molecular weight is 222 g/mol. The van der Waals surface area contributed by atoms with Gasteiger partial charge in [-0.25, -0.2) is 8.78 Å². The van der Waals surface area contributed by atoms with Gasteiger partial charge in [0.05, 0.1) is 17.7 Å². The Labute approximate surface area is 85.6 Å². The van der Waals surface area contributed by atoms with Crippen molar-refractivity contribution < 1.29 is 13.5 Å². The van der Waals surface area contributed by atoms with Gasteiger partial charge in [0.25, 0.3) is 0 Å². The number of nitrogens with two attached hydrogens (primary N) is 1. The van der Waals surface area contributed by atoms with Crippen molar-refractivity contribution in [2.75, 3.05) is 13.7 Å². The molecule has 0 aromatic heterocycles. The lowest BCUT2D eigenvalue weighted by Crippen LogP contribution is -2.17. The van der Waals surface area contributed by atoms with Crippen LogP contribution >= 0.6 is 11.6 Å². The van der Waals surface area contributed by atoms with E-state index in [1.807, 2.05) is 0 Å². The Hall–Kier alpha value is -0.710. The summed E-state index contributed by atoms with van der Waals surface area (Å²) in [5.74, 6) is -1.31. The van der Waals surface area contributed by atoms with Gasteiger partial charge in [0, 0.05) is 12.7 Å². The van der Waals surface area contributed by atoms with Crippen LogP contribution in [0.25, 0.3) is 0 Å². The van der Waals surface area contributed by atoms with Crippen molar-refractivity contribution in [1.29, 1.82) is 0 Å².